The molecule has 0 bridgehead atoms. The molecule has 7 nitrogen and oxygen atoms in total. The van der Waals surface area contributed by atoms with Crippen molar-refractivity contribution in [2.75, 3.05) is 4.90 Å². The van der Waals surface area contributed by atoms with Crippen molar-refractivity contribution in [3.05, 3.63) is 98.5 Å². The summed E-state index contributed by atoms with van der Waals surface area (Å²) in [6.07, 6.45) is 0. The van der Waals surface area contributed by atoms with E-state index < -0.39 is 23.3 Å². The lowest BCUT2D eigenvalue weighted by molar-refractivity contribution is -0.123. The summed E-state index contributed by atoms with van der Waals surface area (Å²) < 4.78 is 1.59. The first-order chi connectivity index (χ1) is 18.3. The number of aromatic nitrogens is 2. The van der Waals surface area contributed by atoms with Crippen molar-refractivity contribution in [1.29, 1.82) is 0 Å². The van der Waals surface area contributed by atoms with Crippen molar-refractivity contribution in [2.45, 2.75) is 25.4 Å². The Kier molecular flexibility index (Phi) is 4.96. The molecule has 1 N–H and O–H groups in total. The molecule has 0 radical (unpaired) electrons. The van der Waals surface area contributed by atoms with Gasteiger partial charge in [-0.05, 0) is 42.3 Å². The van der Waals surface area contributed by atoms with Gasteiger partial charge in [-0.15, -0.1) is 0 Å². The lowest BCUT2D eigenvalue weighted by Gasteiger charge is -2.32. The standard InChI is InChI=1S/C29H22Cl2N4O3/c1-14(2)24-22-23(27(38)34(26(22)37)21-13-15(30)11-12-18(21)31)29(33-24)17-8-4-6-10-20(17)35-25(36)16-7-3-5-9-19(16)32-28(29)35/h3-14,22-24,33H,1-2H3/t22-,23-,24+,29+/m1/s1. The van der Waals surface area contributed by atoms with Crippen LogP contribution in [0.2, 0.25) is 10.0 Å². The van der Waals surface area contributed by atoms with Crippen molar-refractivity contribution < 1.29 is 9.59 Å². The zero-order valence-corrected chi connectivity index (χ0v) is 22.0. The highest BCUT2D eigenvalue weighted by atomic mass is 35.5. The number of hydrogen-bond acceptors (Lipinski definition) is 5. The third-order valence-electron chi connectivity index (χ3n) is 8.16. The average Bonchev–Trinajstić information content (AvgIpc) is 3.50. The molecule has 0 saturated carbocycles. The minimum absolute atomic E-state index is 0.00167. The molecule has 2 amide bonds. The number of nitrogens with one attached hydrogen (secondary N) is 1. The van der Waals surface area contributed by atoms with E-state index in [9.17, 15) is 14.4 Å². The van der Waals surface area contributed by atoms with Gasteiger partial charge in [0, 0.05) is 16.6 Å². The lowest BCUT2D eigenvalue weighted by atomic mass is 9.75. The van der Waals surface area contributed by atoms with Gasteiger partial charge in [0.2, 0.25) is 11.8 Å². The highest BCUT2D eigenvalue weighted by Crippen LogP contribution is 2.56. The highest BCUT2D eigenvalue weighted by molar-refractivity contribution is 6.38. The zero-order chi connectivity index (χ0) is 26.5. The number of fused-ring (bicyclic) bond motifs is 8. The van der Waals surface area contributed by atoms with Gasteiger partial charge in [0.15, 0.2) is 0 Å². The van der Waals surface area contributed by atoms with Crippen molar-refractivity contribution >= 4 is 51.6 Å². The van der Waals surface area contributed by atoms with Crippen LogP contribution in [0.25, 0.3) is 16.6 Å². The van der Waals surface area contributed by atoms with Crippen LogP contribution in [0.15, 0.2) is 71.5 Å². The van der Waals surface area contributed by atoms with Crippen molar-refractivity contribution in [2.24, 2.45) is 17.8 Å². The molecule has 3 aliphatic heterocycles. The Bertz CT molecular complexity index is 1770. The minimum Gasteiger partial charge on any atom is -0.296 e. The maximum absolute atomic E-state index is 14.4. The monoisotopic (exact) mass is 544 g/mol. The Morgan fingerprint density at radius 3 is 2.45 bits per heavy atom. The fourth-order valence-corrected chi connectivity index (χ4v) is 6.99. The Balaban J connectivity index is 1.54. The summed E-state index contributed by atoms with van der Waals surface area (Å²) in [7, 11) is 0. The fourth-order valence-electron chi connectivity index (χ4n) is 6.62. The Morgan fingerprint density at radius 2 is 1.66 bits per heavy atom. The average molecular weight is 545 g/mol. The fraction of sp³-hybridized carbons (Fsp3) is 0.241. The van der Waals surface area contributed by atoms with E-state index in [1.54, 1.807) is 34.9 Å². The summed E-state index contributed by atoms with van der Waals surface area (Å²) in [5, 5.41) is 4.79. The van der Waals surface area contributed by atoms with E-state index in [0.29, 0.717) is 27.4 Å². The molecule has 38 heavy (non-hydrogen) atoms. The van der Waals surface area contributed by atoms with Crippen LogP contribution in [-0.2, 0) is 15.1 Å². The molecule has 4 atom stereocenters. The van der Waals surface area contributed by atoms with E-state index in [-0.39, 0.29) is 34.1 Å². The van der Waals surface area contributed by atoms with Crippen LogP contribution in [0.3, 0.4) is 0 Å². The quantitative estimate of drug-likeness (QED) is 0.370. The second-order valence-corrected chi connectivity index (χ2v) is 11.3. The molecule has 9 heteroatoms. The third kappa shape index (κ3) is 2.84. The SMILES string of the molecule is CC(C)[C@@H]1N[C@@]2(c3ccccc3-n3c2nc2ccccc2c3=O)[C@H]2C(=O)N(c3cc(Cl)ccc3Cl)C(=O)[C@@H]12. The topological polar surface area (TPSA) is 84.3 Å². The van der Waals surface area contributed by atoms with Gasteiger partial charge in [0.25, 0.3) is 5.56 Å². The van der Waals surface area contributed by atoms with Gasteiger partial charge in [-0.25, -0.2) is 9.88 Å². The number of halogens is 2. The number of benzene rings is 3. The maximum atomic E-state index is 14.4. The van der Waals surface area contributed by atoms with E-state index in [2.05, 4.69) is 5.32 Å². The molecule has 3 aliphatic rings. The normalized spacial score (nSPS) is 25.5. The lowest BCUT2D eigenvalue weighted by Crippen LogP contribution is -2.51. The molecular weight excluding hydrogens is 523 g/mol. The van der Waals surface area contributed by atoms with Gasteiger partial charge < -0.3 is 0 Å². The number of nitrogens with zero attached hydrogens (tertiary/aromatic N) is 3. The summed E-state index contributed by atoms with van der Waals surface area (Å²) in [5.74, 6) is -1.86. The third-order valence-corrected chi connectivity index (χ3v) is 8.72. The highest BCUT2D eigenvalue weighted by Gasteiger charge is 2.70. The molecule has 4 aromatic rings. The molecule has 1 aromatic heterocycles. The zero-order valence-electron chi connectivity index (χ0n) is 20.5. The molecule has 7 rings (SSSR count). The van der Waals surface area contributed by atoms with Gasteiger partial charge in [-0.2, -0.15) is 0 Å². The van der Waals surface area contributed by atoms with E-state index in [1.807, 2.05) is 44.2 Å². The number of para-hydroxylation sites is 2. The number of anilines is 1. The Morgan fingerprint density at radius 1 is 0.921 bits per heavy atom. The van der Waals surface area contributed by atoms with Crippen LogP contribution < -0.4 is 15.8 Å². The van der Waals surface area contributed by atoms with Crippen molar-refractivity contribution in [1.82, 2.24) is 14.9 Å². The van der Waals surface area contributed by atoms with E-state index >= 15 is 0 Å². The largest absolute Gasteiger partial charge is 0.296 e. The van der Waals surface area contributed by atoms with E-state index in [0.717, 1.165) is 5.56 Å². The first-order valence-electron chi connectivity index (χ1n) is 12.5. The number of imide groups is 1. The molecule has 0 unspecified atom stereocenters. The number of carbonyl (C=O) groups is 2. The summed E-state index contributed by atoms with van der Waals surface area (Å²) in [6.45, 7) is 4.03. The minimum atomic E-state index is -1.19. The molecule has 2 fully saturated rings. The summed E-state index contributed by atoms with van der Waals surface area (Å²) in [6, 6.07) is 19.1. The number of amides is 2. The second kappa shape index (κ2) is 7.99. The molecule has 3 aromatic carbocycles. The molecule has 1 spiro atoms. The van der Waals surface area contributed by atoms with Gasteiger partial charge in [-0.3, -0.25) is 24.3 Å². The predicted octanol–water partition coefficient (Wildman–Crippen LogP) is 4.68. The van der Waals surface area contributed by atoms with Gasteiger partial charge in [-0.1, -0.05) is 67.4 Å². The van der Waals surface area contributed by atoms with Crippen LogP contribution in [0.5, 0.6) is 0 Å². The van der Waals surface area contributed by atoms with Gasteiger partial charge >= 0.3 is 0 Å². The maximum Gasteiger partial charge on any atom is 0.266 e. The first kappa shape index (κ1) is 23.6. The van der Waals surface area contributed by atoms with Crippen LogP contribution in [0.4, 0.5) is 5.69 Å². The predicted molar refractivity (Wildman–Crippen MR) is 146 cm³/mol. The van der Waals surface area contributed by atoms with Gasteiger partial charge in [0.1, 0.15) is 11.4 Å². The Labute approximate surface area is 228 Å². The van der Waals surface area contributed by atoms with Crippen molar-refractivity contribution in [3.8, 4) is 5.69 Å². The van der Waals surface area contributed by atoms with Crippen LogP contribution in [0, 0.1) is 17.8 Å². The van der Waals surface area contributed by atoms with E-state index in [4.69, 9.17) is 28.2 Å². The number of rotatable bonds is 2. The summed E-state index contributed by atoms with van der Waals surface area (Å²) >= 11 is 12.7. The second-order valence-electron chi connectivity index (χ2n) is 10.4. The smallest absolute Gasteiger partial charge is 0.266 e. The summed E-state index contributed by atoms with van der Waals surface area (Å²) in [4.78, 5) is 48.5. The van der Waals surface area contributed by atoms with Crippen LogP contribution in [0.1, 0.15) is 25.2 Å². The van der Waals surface area contributed by atoms with Crippen LogP contribution in [-0.4, -0.2) is 27.4 Å². The number of carbonyl (C=O) groups excluding carboxylic acids is 2. The first-order valence-corrected chi connectivity index (χ1v) is 13.2. The number of hydrogen-bond donors (Lipinski definition) is 1. The molecule has 0 aliphatic carbocycles. The molecular formula is C29H22Cl2N4O3. The Hall–Kier alpha value is -3.52. The van der Waals surface area contributed by atoms with Gasteiger partial charge in [0.05, 0.1) is 39.1 Å². The molecule has 190 valence electrons. The van der Waals surface area contributed by atoms with E-state index in [1.165, 1.54) is 11.0 Å². The van der Waals surface area contributed by atoms with Crippen molar-refractivity contribution in [3.63, 3.8) is 0 Å². The van der Waals surface area contributed by atoms with Crippen LogP contribution >= 0.6 is 23.2 Å². The molecule has 4 heterocycles. The molecule has 2 saturated heterocycles. The summed E-state index contributed by atoms with van der Waals surface area (Å²) in [5.41, 5.74) is 0.795.